The Balaban J connectivity index is 2.28. The quantitative estimate of drug-likeness (QED) is 0.912. The Kier molecular flexibility index (Phi) is 3.83. The van der Waals surface area contributed by atoms with Gasteiger partial charge in [0.15, 0.2) is 0 Å². The predicted octanol–water partition coefficient (Wildman–Crippen LogP) is 3.57. The van der Waals surface area contributed by atoms with E-state index in [1.807, 2.05) is 18.2 Å². The minimum atomic E-state index is -0.308. The van der Waals surface area contributed by atoms with E-state index in [-0.39, 0.29) is 5.54 Å². The van der Waals surface area contributed by atoms with Gasteiger partial charge >= 0.3 is 0 Å². The zero-order valence-corrected chi connectivity index (χ0v) is 12.1. The lowest BCUT2D eigenvalue weighted by Crippen LogP contribution is -2.38. The largest absolute Gasteiger partial charge is 0.321 e. The molecule has 0 amide bonds. The first-order chi connectivity index (χ1) is 8.55. The van der Waals surface area contributed by atoms with Crippen LogP contribution in [0.4, 0.5) is 0 Å². The van der Waals surface area contributed by atoms with Crippen molar-refractivity contribution in [2.45, 2.75) is 39.2 Å². The van der Waals surface area contributed by atoms with E-state index in [2.05, 4.69) is 37.9 Å². The Morgan fingerprint density at radius 1 is 1.22 bits per heavy atom. The maximum absolute atomic E-state index is 6.58. The summed E-state index contributed by atoms with van der Waals surface area (Å²) in [7, 11) is 0. The first-order valence-corrected chi connectivity index (χ1v) is 7.14. The second kappa shape index (κ2) is 5.21. The predicted molar refractivity (Wildman–Crippen MR) is 77.9 cm³/mol. The molecule has 0 radical (unpaired) electrons. The van der Waals surface area contributed by atoms with Crippen LogP contribution in [0.25, 0.3) is 0 Å². The summed E-state index contributed by atoms with van der Waals surface area (Å²) in [5.41, 5.74) is 8.59. The van der Waals surface area contributed by atoms with Gasteiger partial charge in [0.25, 0.3) is 0 Å². The van der Waals surface area contributed by atoms with E-state index in [9.17, 15) is 0 Å². The molecule has 0 saturated carbocycles. The van der Waals surface area contributed by atoms with E-state index in [1.165, 1.54) is 10.4 Å². The molecule has 0 aliphatic rings. The van der Waals surface area contributed by atoms with Crippen molar-refractivity contribution in [3.8, 4) is 0 Å². The van der Waals surface area contributed by atoms with Crippen LogP contribution in [0.1, 0.15) is 34.5 Å². The summed E-state index contributed by atoms with van der Waals surface area (Å²) in [5.74, 6) is 0. The SMILES string of the molecule is CCC(N)(Cc1nc(C)c(C)s1)c1ccccc1. The molecule has 0 aliphatic carbocycles. The minimum Gasteiger partial charge on any atom is -0.321 e. The average molecular weight is 260 g/mol. The van der Waals surface area contributed by atoms with Crippen LogP contribution in [0.15, 0.2) is 30.3 Å². The highest BCUT2D eigenvalue weighted by Crippen LogP contribution is 2.29. The third kappa shape index (κ3) is 2.62. The number of thiazole rings is 1. The van der Waals surface area contributed by atoms with E-state index in [1.54, 1.807) is 11.3 Å². The number of aromatic nitrogens is 1. The second-order valence-electron chi connectivity index (χ2n) is 4.80. The molecule has 18 heavy (non-hydrogen) atoms. The molecule has 2 N–H and O–H groups in total. The van der Waals surface area contributed by atoms with Crippen LogP contribution in [-0.4, -0.2) is 4.98 Å². The van der Waals surface area contributed by atoms with Gasteiger partial charge in [-0.05, 0) is 25.8 Å². The van der Waals surface area contributed by atoms with Gasteiger partial charge in [-0.2, -0.15) is 0 Å². The minimum absolute atomic E-state index is 0.308. The summed E-state index contributed by atoms with van der Waals surface area (Å²) in [4.78, 5) is 5.90. The van der Waals surface area contributed by atoms with Gasteiger partial charge in [0.2, 0.25) is 0 Å². The van der Waals surface area contributed by atoms with Crippen LogP contribution in [0, 0.1) is 13.8 Å². The third-order valence-electron chi connectivity index (χ3n) is 3.52. The molecule has 1 heterocycles. The Morgan fingerprint density at radius 2 is 1.89 bits per heavy atom. The molecule has 0 aliphatic heterocycles. The summed E-state index contributed by atoms with van der Waals surface area (Å²) in [6.45, 7) is 6.31. The first-order valence-electron chi connectivity index (χ1n) is 6.32. The van der Waals surface area contributed by atoms with Gasteiger partial charge in [-0.1, -0.05) is 37.3 Å². The number of nitrogens with two attached hydrogens (primary N) is 1. The van der Waals surface area contributed by atoms with Crippen LogP contribution < -0.4 is 5.73 Å². The Morgan fingerprint density at radius 3 is 2.39 bits per heavy atom. The summed E-state index contributed by atoms with van der Waals surface area (Å²) in [6.07, 6.45) is 1.72. The van der Waals surface area contributed by atoms with Gasteiger partial charge in [0.1, 0.15) is 0 Å². The summed E-state index contributed by atoms with van der Waals surface area (Å²) < 4.78 is 0. The van der Waals surface area contributed by atoms with Crippen molar-refractivity contribution in [1.29, 1.82) is 0 Å². The molecule has 0 saturated heterocycles. The molecule has 2 aromatic rings. The van der Waals surface area contributed by atoms with Crippen molar-refractivity contribution in [3.05, 3.63) is 51.5 Å². The molecule has 0 bridgehead atoms. The van der Waals surface area contributed by atoms with Crippen molar-refractivity contribution in [2.75, 3.05) is 0 Å². The monoisotopic (exact) mass is 260 g/mol. The third-order valence-corrected chi connectivity index (χ3v) is 4.59. The van der Waals surface area contributed by atoms with Gasteiger partial charge in [-0.15, -0.1) is 11.3 Å². The second-order valence-corrected chi connectivity index (χ2v) is 6.09. The highest BCUT2D eigenvalue weighted by atomic mass is 32.1. The molecule has 0 spiro atoms. The highest BCUT2D eigenvalue weighted by Gasteiger charge is 2.27. The zero-order valence-electron chi connectivity index (χ0n) is 11.2. The number of hydrogen-bond donors (Lipinski definition) is 1. The lowest BCUT2D eigenvalue weighted by molar-refractivity contribution is 0.424. The normalized spacial score (nSPS) is 14.4. The van der Waals surface area contributed by atoms with Crippen LogP contribution in [0.5, 0.6) is 0 Å². The highest BCUT2D eigenvalue weighted by molar-refractivity contribution is 7.11. The zero-order chi connectivity index (χ0) is 13.2. The number of rotatable bonds is 4. The number of hydrogen-bond acceptors (Lipinski definition) is 3. The maximum atomic E-state index is 6.58. The van der Waals surface area contributed by atoms with E-state index in [0.717, 1.165) is 23.5 Å². The molecule has 0 fully saturated rings. The molecule has 1 aromatic heterocycles. The van der Waals surface area contributed by atoms with Gasteiger partial charge in [0, 0.05) is 16.8 Å². The fraction of sp³-hybridized carbons (Fsp3) is 0.400. The smallest absolute Gasteiger partial charge is 0.0952 e. The van der Waals surface area contributed by atoms with Gasteiger partial charge in [-0.25, -0.2) is 4.98 Å². The standard InChI is InChI=1S/C15H20N2S/c1-4-15(16,13-8-6-5-7-9-13)10-14-17-11(2)12(3)18-14/h5-9H,4,10,16H2,1-3H3. The molecular formula is C15H20N2S. The first kappa shape index (κ1) is 13.2. The van der Waals surface area contributed by atoms with Crippen LogP contribution >= 0.6 is 11.3 Å². The van der Waals surface area contributed by atoms with Crippen molar-refractivity contribution in [1.82, 2.24) is 4.98 Å². The van der Waals surface area contributed by atoms with Crippen molar-refractivity contribution in [3.63, 3.8) is 0 Å². The van der Waals surface area contributed by atoms with E-state index in [0.29, 0.717) is 0 Å². The van der Waals surface area contributed by atoms with E-state index < -0.39 is 0 Å². The summed E-state index contributed by atoms with van der Waals surface area (Å²) >= 11 is 1.76. The molecule has 1 aromatic carbocycles. The van der Waals surface area contributed by atoms with Crippen LogP contribution in [0.2, 0.25) is 0 Å². The lowest BCUT2D eigenvalue weighted by Gasteiger charge is -2.27. The Bertz CT molecular complexity index is 499. The number of nitrogens with zero attached hydrogens (tertiary/aromatic N) is 1. The number of aryl methyl sites for hydroxylation is 2. The average Bonchev–Trinajstić information content (AvgIpc) is 2.69. The summed E-state index contributed by atoms with van der Waals surface area (Å²) in [5, 5.41) is 1.14. The molecule has 1 atom stereocenters. The Hall–Kier alpha value is -1.19. The van der Waals surface area contributed by atoms with Gasteiger partial charge < -0.3 is 5.73 Å². The van der Waals surface area contributed by atoms with Gasteiger partial charge in [-0.3, -0.25) is 0 Å². The molecule has 96 valence electrons. The van der Waals surface area contributed by atoms with Gasteiger partial charge in [0.05, 0.1) is 10.7 Å². The molecule has 1 unspecified atom stereocenters. The van der Waals surface area contributed by atoms with Crippen molar-refractivity contribution >= 4 is 11.3 Å². The van der Waals surface area contributed by atoms with Crippen LogP contribution in [0.3, 0.4) is 0 Å². The number of benzene rings is 1. The fourth-order valence-corrected chi connectivity index (χ4v) is 3.14. The van der Waals surface area contributed by atoms with E-state index in [4.69, 9.17) is 5.73 Å². The van der Waals surface area contributed by atoms with Crippen LogP contribution in [-0.2, 0) is 12.0 Å². The maximum Gasteiger partial charge on any atom is 0.0952 e. The van der Waals surface area contributed by atoms with E-state index >= 15 is 0 Å². The molecule has 2 nitrogen and oxygen atoms in total. The topological polar surface area (TPSA) is 38.9 Å². The lowest BCUT2D eigenvalue weighted by atomic mass is 9.85. The molecule has 3 heteroatoms. The molecular weight excluding hydrogens is 240 g/mol. The molecule has 2 rings (SSSR count). The van der Waals surface area contributed by atoms with Crippen molar-refractivity contribution in [2.24, 2.45) is 5.73 Å². The Labute approximate surface area is 113 Å². The van der Waals surface area contributed by atoms with Crippen molar-refractivity contribution < 1.29 is 0 Å². The fourth-order valence-electron chi connectivity index (χ4n) is 2.09. The summed E-state index contributed by atoms with van der Waals surface area (Å²) in [6, 6.07) is 10.3.